The zero-order valence-corrected chi connectivity index (χ0v) is 12.3. The molecule has 1 N–H and O–H groups in total. The third-order valence-electron chi connectivity index (χ3n) is 2.94. The lowest BCUT2D eigenvalue weighted by Gasteiger charge is -2.20. The number of methoxy groups -OCH3 is 1. The number of nitrogens with zero attached hydrogens (tertiary/aromatic N) is 1. The van der Waals surface area contributed by atoms with E-state index in [1.165, 1.54) is 6.92 Å². The molecule has 0 unspecified atom stereocenters. The molecule has 2 amide bonds. The summed E-state index contributed by atoms with van der Waals surface area (Å²) in [5.41, 5.74) is 0.690. The monoisotopic (exact) mass is 278 g/mol. The molecule has 0 atom stereocenters. The predicted octanol–water partition coefficient (Wildman–Crippen LogP) is 2.28. The molecule has 110 valence electrons. The molecule has 0 aliphatic rings. The number of hydrogen-bond acceptors (Lipinski definition) is 3. The van der Waals surface area contributed by atoms with Gasteiger partial charge >= 0.3 is 0 Å². The van der Waals surface area contributed by atoms with Gasteiger partial charge in [0.25, 0.3) is 0 Å². The zero-order chi connectivity index (χ0) is 15.0. The van der Waals surface area contributed by atoms with Crippen molar-refractivity contribution in [1.82, 2.24) is 4.90 Å². The second-order valence-electron chi connectivity index (χ2n) is 4.57. The molecule has 1 aromatic carbocycles. The summed E-state index contributed by atoms with van der Waals surface area (Å²) in [7, 11) is 1.59. The van der Waals surface area contributed by atoms with E-state index in [2.05, 4.69) is 12.2 Å². The van der Waals surface area contributed by atoms with Crippen molar-refractivity contribution >= 4 is 17.5 Å². The third kappa shape index (κ3) is 5.30. The maximum absolute atomic E-state index is 11.9. The summed E-state index contributed by atoms with van der Waals surface area (Å²) in [5.74, 6) is 0.459. The van der Waals surface area contributed by atoms with E-state index in [0.717, 1.165) is 18.6 Å². The van der Waals surface area contributed by atoms with Gasteiger partial charge in [-0.15, -0.1) is 0 Å². The number of benzene rings is 1. The Morgan fingerprint density at radius 2 is 1.90 bits per heavy atom. The molecule has 0 aliphatic heterocycles. The van der Waals surface area contributed by atoms with Crippen LogP contribution in [0, 0.1) is 0 Å². The van der Waals surface area contributed by atoms with Crippen molar-refractivity contribution in [3.05, 3.63) is 24.3 Å². The summed E-state index contributed by atoms with van der Waals surface area (Å²) in [4.78, 5) is 24.9. The van der Waals surface area contributed by atoms with Gasteiger partial charge < -0.3 is 15.0 Å². The lowest BCUT2D eigenvalue weighted by molar-refractivity contribution is -0.132. The van der Waals surface area contributed by atoms with Gasteiger partial charge in [-0.1, -0.05) is 13.3 Å². The van der Waals surface area contributed by atoms with Gasteiger partial charge in [0.05, 0.1) is 13.7 Å². The first-order chi connectivity index (χ1) is 9.56. The Morgan fingerprint density at radius 1 is 1.25 bits per heavy atom. The summed E-state index contributed by atoms with van der Waals surface area (Å²) in [5, 5.41) is 2.77. The van der Waals surface area contributed by atoms with Crippen LogP contribution in [-0.4, -0.2) is 36.9 Å². The number of carbonyl (C=O) groups excluding carboxylic acids is 2. The SMILES string of the molecule is CCCCN(CC(=O)Nc1ccc(OC)cc1)C(C)=O. The highest BCUT2D eigenvalue weighted by Crippen LogP contribution is 2.14. The number of rotatable bonds is 7. The molecule has 5 heteroatoms. The zero-order valence-electron chi connectivity index (χ0n) is 12.3. The molecule has 0 heterocycles. The van der Waals surface area contributed by atoms with E-state index in [1.54, 1.807) is 36.3 Å². The number of carbonyl (C=O) groups is 2. The van der Waals surface area contributed by atoms with Gasteiger partial charge in [0, 0.05) is 19.2 Å². The van der Waals surface area contributed by atoms with Crippen molar-refractivity contribution in [3.63, 3.8) is 0 Å². The van der Waals surface area contributed by atoms with Gasteiger partial charge in [0.1, 0.15) is 5.75 Å². The van der Waals surface area contributed by atoms with Crippen LogP contribution in [0.5, 0.6) is 5.75 Å². The summed E-state index contributed by atoms with van der Waals surface area (Å²) in [6, 6.07) is 7.08. The third-order valence-corrected chi connectivity index (χ3v) is 2.94. The van der Waals surface area contributed by atoms with Crippen LogP contribution in [0.25, 0.3) is 0 Å². The van der Waals surface area contributed by atoms with Gasteiger partial charge in [-0.25, -0.2) is 0 Å². The minimum Gasteiger partial charge on any atom is -0.497 e. The number of nitrogens with one attached hydrogen (secondary N) is 1. The largest absolute Gasteiger partial charge is 0.497 e. The molecular formula is C15H22N2O3. The van der Waals surface area contributed by atoms with Crippen molar-refractivity contribution in [1.29, 1.82) is 0 Å². The molecule has 0 spiro atoms. The van der Waals surface area contributed by atoms with Crippen LogP contribution < -0.4 is 10.1 Å². The second-order valence-corrected chi connectivity index (χ2v) is 4.57. The van der Waals surface area contributed by atoms with E-state index in [4.69, 9.17) is 4.74 Å². The van der Waals surface area contributed by atoms with E-state index in [1.807, 2.05) is 0 Å². The van der Waals surface area contributed by atoms with E-state index in [9.17, 15) is 9.59 Å². The quantitative estimate of drug-likeness (QED) is 0.832. The highest BCUT2D eigenvalue weighted by Gasteiger charge is 2.13. The second kappa shape index (κ2) is 8.19. The Bertz CT molecular complexity index is 443. The Labute approximate surface area is 119 Å². The molecule has 0 aromatic heterocycles. The smallest absolute Gasteiger partial charge is 0.243 e. The fourth-order valence-corrected chi connectivity index (χ4v) is 1.75. The lowest BCUT2D eigenvalue weighted by Crippen LogP contribution is -2.37. The highest BCUT2D eigenvalue weighted by atomic mass is 16.5. The first kappa shape index (κ1) is 16.0. The molecule has 1 rings (SSSR count). The van der Waals surface area contributed by atoms with Gasteiger partial charge in [0.2, 0.25) is 11.8 Å². The van der Waals surface area contributed by atoms with Crippen molar-refractivity contribution in [2.75, 3.05) is 25.5 Å². The van der Waals surface area contributed by atoms with E-state index in [-0.39, 0.29) is 18.4 Å². The highest BCUT2D eigenvalue weighted by molar-refractivity contribution is 5.94. The van der Waals surface area contributed by atoms with E-state index >= 15 is 0 Å². The van der Waals surface area contributed by atoms with E-state index < -0.39 is 0 Å². The molecule has 0 radical (unpaired) electrons. The molecule has 0 aliphatic carbocycles. The molecule has 5 nitrogen and oxygen atoms in total. The molecule has 0 fully saturated rings. The Morgan fingerprint density at radius 3 is 2.40 bits per heavy atom. The Kier molecular flexibility index (Phi) is 6.56. The van der Waals surface area contributed by atoms with Crippen LogP contribution in [0.15, 0.2) is 24.3 Å². The Hall–Kier alpha value is -2.04. The lowest BCUT2D eigenvalue weighted by atomic mass is 10.3. The van der Waals surface area contributed by atoms with Crippen molar-refractivity contribution in [2.45, 2.75) is 26.7 Å². The minimum atomic E-state index is -0.193. The number of ether oxygens (including phenoxy) is 1. The van der Waals surface area contributed by atoms with Crippen LogP contribution in [0.2, 0.25) is 0 Å². The Balaban J connectivity index is 2.53. The topological polar surface area (TPSA) is 58.6 Å². The fraction of sp³-hybridized carbons (Fsp3) is 0.467. The standard InChI is InChI=1S/C15H22N2O3/c1-4-5-10-17(12(2)18)11-15(19)16-13-6-8-14(20-3)9-7-13/h6-9H,4-5,10-11H2,1-3H3,(H,16,19). The molecular weight excluding hydrogens is 256 g/mol. The normalized spacial score (nSPS) is 9.95. The predicted molar refractivity (Wildman–Crippen MR) is 78.8 cm³/mol. The summed E-state index contributed by atoms with van der Waals surface area (Å²) in [6.07, 6.45) is 1.89. The number of unbranched alkanes of at least 4 members (excludes halogenated alkanes) is 1. The van der Waals surface area contributed by atoms with Crippen LogP contribution in [0.3, 0.4) is 0 Å². The van der Waals surface area contributed by atoms with Gasteiger partial charge in [-0.3, -0.25) is 9.59 Å². The summed E-state index contributed by atoms with van der Waals surface area (Å²) < 4.78 is 5.05. The fourth-order valence-electron chi connectivity index (χ4n) is 1.75. The number of hydrogen-bond donors (Lipinski definition) is 1. The average molecular weight is 278 g/mol. The van der Waals surface area contributed by atoms with Crippen molar-refractivity contribution in [2.24, 2.45) is 0 Å². The van der Waals surface area contributed by atoms with Crippen LogP contribution >= 0.6 is 0 Å². The number of amides is 2. The van der Waals surface area contributed by atoms with Gasteiger partial charge in [-0.2, -0.15) is 0 Å². The molecule has 0 saturated heterocycles. The average Bonchev–Trinajstić information content (AvgIpc) is 2.44. The van der Waals surface area contributed by atoms with Crippen LogP contribution in [0.1, 0.15) is 26.7 Å². The molecule has 1 aromatic rings. The maximum atomic E-state index is 11.9. The van der Waals surface area contributed by atoms with Gasteiger partial charge in [-0.05, 0) is 30.7 Å². The van der Waals surface area contributed by atoms with Crippen molar-refractivity contribution in [3.8, 4) is 5.75 Å². The first-order valence-electron chi connectivity index (χ1n) is 6.76. The van der Waals surface area contributed by atoms with E-state index in [0.29, 0.717) is 12.2 Å². The molecule has 0 saturated carbocycles. The van der Waals surface area contributed by atoms with Crippen molar-refractivity contribution < 1.29 is 14.3 Å². The van der Waals surface area contributed by atoms with Gasteiger partial charge in [0.15, 0.2) is 0 Å². The van der Waals surface area contributed by atoms with Crippen LogP contribution in [0.4, 0.5) is 5.69 Å². The summed E-state index contributed by atoms with van der Waals surface area (Å²) >= 11 is 0. The first-order valence-corrected chi connectivity index (χ1v) is 6.76. The molecule has 20 heavy (non-hydrogen) atoms. The summed E-state index contributed by atoms with van der Waals surface area (Å²) in [6.45, 7) is 4.23. The van der Waals surface area contributed by atoms with Crippen LogP contribution in [-0.2, 0) is 9.59 Å². The maximum Gasteiger partial charge on any atom is 0.243 e. The minimum absolute atomic E-state index is 0.0802. The number of anilines is 1. The molecule has 0 bridgehead atoms.